The number of nitrogens with one attached hydrogen (secondary N) is 1. The average Bonchev–Trinajstić information content (AvgIpc) is 3.09. The number of para-hydroxylation sites is 1. The molecule has 3 rings (SSSR count). The van der Waals surface area contributed by atoms with Crippen molar-refractivity contribution in [3.63, 3.8) is 0 Å². The molecule has 1 aliphatic carbocycles. The van der Waals surface area contributed by atoms with Gasteiger partial charge < -0.3 is 10.4 Å². The number of carbonyl (C=O) groups is 1. The van der Waals surface area contributed by atoms with Gasteiger partial charge in [-0.25, -0.2) is 0 Å². The van der Waals surface area contributed by atoms with Crippen molar-refractivity contribution in [1.29, 1.82) is 0 Å². The van der Waals surface area contributed by atoms with Gasteiger partial charge in [-0.15, -0.1) is 0 Å². The summed E-state index contributed by atoms with van der Waals surface area (Å²) in [4.78, 5) is 11.2. The lowest BCUT2D eigenvalue weighted by Gasteiger charge is -2.14. The van der Waals surface area contributed by atoms with Crippen molar-refractivity contribution in [1.82, 2.24) is 15.1 Å². The maximum atomic E-state index is 11.2. The van der Waals surface area contributed by atoms with E-state index in [1.54, 1.807) is 10.9 Å². The minimum absolute atomic E-state index is 0.360. The van der Waals surface area contributed by atoms with Crippen LogP contribution in [0.25, 0.3) is 10.9 Å². The summed E-state index contributed by atoms with van der Waals surface area (Å²) in [6, 6.07) is 7.62. The maximum Gasteiger partial charge on any atom is 0.322 e. The molecule has 94 valence electrons. The zero-order valence-corrected chi connectivity index (χ0v) is 9.91. The van der Waals surface area contributed by atoms with E-state index < -0.39 is 12.0 Å². The van der Waals surface area contributed by atoms with Crippen molar-refractivity contribution in [2.75, 3.05) is 0 Å². The molecule has 5 nitrogen and oxygen atoms in total. The predicted octanol–water partition coefficient (Wildman–Crippen LogP) is 1.24. The Bertz CT molecular complexity index is 574. The van der Waals surface area contributed by atoms with Crippen molar-refractivity contribution < 1.29 is 9.90 Å². The van der Waals surface area contributed by atoms with Crippen molar-refractivity contribution >= 4 is 16.9 Å². The van der Waals surface area contributed by atoms with E-state index in [4.69, 9.17) is 0 Å². The third-order valence-electron chi connectivity index (χ3n) is 3.22. The number of hydrogen-bond acceptors (Lipinski definition) is 3. The normalized spacial score (nSPS) is 16.9. The van der Waals surface area contributed by atoms with Crippen molar-refractivity contribution in [2.24, 2.45) is 0 Å². The van der Waals surface area contributed by atoms with Crippen LogP contribution in [0.1, 0.15) is 12.8 Å². The van der Waals surface area contributed by atoms with Crippen LogP contribution in [0, 0.1) is 0 Å². The monoisotopic (exact) mass is 245 g/mol. The Morgan fingerprint density at radius 3 is 3.00 bits per heavy atom. The van der Waals surface area contributed by atoms with Crippen LogP contribution < -0.4 is 5.32 Å². The first kappa shape index (κ1) is 11.2. The highest BCUT2D eigenvalue weighted by Gasteiger charge is 2.28. The SMILES string of the molecule is O=C(O)C(Cn1ncc2ccccc21)NC1CC1. The highest BCUT2D eigenvalue weighted by Crippen LogP contribution is 2.20. The second-order valence-corrected chi connectivity index (χ2v) is 4.72. The van der Waals surface area contributed by atoms with Gasteiger partial charge in [0.1, 0.15) is 6.04 Å². The van der Waals surface area contributed by atoms with E-state index in [0.29, 0.717) is 12.6 Å². The second kappa shape index (κ2) is 4.42. The van der Waals surface area contributed by atoms with Crippen LogP contribution in [-0.2, 0) is 11.3 Å². The molecular weight excluding hydrogens is 230 g/mol. The van der Waals surface area contributed by atoms with Gasteiger partial charge in [0.15, 0.2) is 0 Å². The number of carboxylic acid groups (broad SMARTS) is 1. The van der Waals surface area contributed by atoms with Crippen molar-refractivity contribution in [2.45, 2.75) is 31.5 Å². The molecular formula is C13H15N3O2. The third kappa shape index (κ3) is 2.22. The van der Waals surface area contributed by atoms with Crippen LogP contribution in [0.2, 0.25) is 0 Å². The fourth-order valence-corrected chi connectivity index (χ4v) is 2.08. The molecule has 1 saturated carbocycles. The summed E-state index contributed by atoms with van der Waals surface area (Å²) in [5.41, 5.74) is 0.973. The van der Waals surface area contributed by atoms with Gasteiger partial charge >= 0.3 is 5.97 Å². The number of carboxylic acids is 1. The smallest absolute Gasteiger partial charge is 0.322 e. The van der Waals surface area contributed by atoms with Gasteiger partial charge in [0.25, 0.3) is 0 Å². The van der Waals surface area contributed by atoms with Gasteiger partial charge in [0, 0.05) is 11.4 Å². The molecule has 2 aromatic rings. The minimum Gasteiger partial charge on any atom is -0.480 e. The van der Waals surface area contributed by atoms with Crippen molar-refractivity contribution in [3.05, 3.63) is 30.5 Å². The van der Waals surface area contributed by atoms with Crippen LogP contribution in [0.15, 0.2) is 30.5 Å². The molecule has 0 radical (unpaired) electrons. The summed E-state index contributed by atoms with van der Waals surface area (Å²) in [7, 11) is 0. The van der Waals surface area contributed by atoms with Gasteiger partial charge in [0.2, 0.25) is 0 Å². The average molecular weight is 245 g/mol. The van der Waals surface area contributed by atoms with Crippen LogP contribution in [-0.4, -0.2) is 32.9 Å². The van der Waals surface area contributed by atoms with Gasteiger partial charge in [-0.05, 0) is 18.9 Å². The van der Waals surface area contributed by atoms with Crippen LogP contribution in [0.4, 0.5) is 0 Å². The molecule has 1 unspecified atom stereocenters. The quantitative estimate of drug-likeness (QED) is 0.831. The number of fused-ring (bicyclic) bond motifs is 1. The van der Waals surface area contributed by atoms with Gasteiger partial charge in [-0.2, -0.15) is 5.10 Å². The van der Waals surface area contributed by atoms with E-state index in [0.717, 1.165) is 23.7 Å². The summed E-state index contributed by atoms with van der Waals surface area (Å²) in [6.45, 7) is 0.360. The molecule has 1 atom stereocenters. The van der Waals surface area contributed by atoms with Crippen LogP contribution in [0.5, 0.6) is 0 Å². The molecule has 18 heavy (non-hydrogen) atoms. The zero-order chi connectivity index (χ0) is 12.5. The van der Waals surface area contributed by atoms with Crippen LogP contribution >= 0.6 is 0 Å². The minimum atomic E-state index is -0.818. The fraction of sp³-hybridized carbons (Fsp3) is 0.385. The Balaban J connectivity index is 1.82. The Morgan fingerprint density at radius 1 is 1.50 bits per heavy atom. The largest absolute Gasteiger partial charge is 0.480 e. The third-order valence-corrected chi connectivity index (χ3v) is 3.22. The van der Waals surface area contributed by atoms with E-state index in [2.05, 4.69) is 10.4 Å². The Morgan fingerprint density at radius 2 is 2.28 bits per heavy atom. The highest BCUT2D eigenvalue weighted by atomic mass is 16.4. The summed E-state index contributed by atoms with van der Waals surface area (Å²) in [5.74, 6) is -0.818. The number of hydrogen-bond donors (Lipinski definition) is 2. The number of aliphatic carboxylic acids is 1. The molecule has 1 aromatic heterocycles. The molecule has 1 fully saturated rings. The Hall–Kier alpha value is -1.88. The zero-order valence-electron chi connectivity index (χ0n) is 9.91. The molecule has 1 heterocycles. The van der Waals surface area contributed by atoms with Gasteiger partial charge in [-0.3, -0.25) is 9.48 Å². The summed E-state index contributed by atoms with van der Waals surface area (Å²) in [5, 5.41) is 17.6. The molecule has 0 aliphatic heterocycles. The standard InChI is InChI=1S/C13H15N3O2/c17-13(18)11(15-10-5-6-10)8-16-12-4-2-1-3-9(12)7-14-16/h1-4,7,10-11,15H,5-6,8H2,(H,17,18). The number of nitrogens with zero attached hydrogens (tertiary/aromatic N) is 2. The van der Waals surface area contributed by atoms with Gasteiger partial charge in [0.05, 0.1) is 18.3 Å². The predicted molar refractivity (Wildman–Crippen MR) is 67.3 cm³/mol. The van der Waals surface area contributed by atoms with Crippen LogP contribution in [0.3, 0.4) is 0 Å². The summed E-state index contributed by atoms with van der Waals surface area (Å²) in [6.07, 6.45) is 3.92. The first-order valence-corrected chi connectivity index (χ1v) is 6.13. The lowest BCUT2D eigenvalue weighted by Crippen LogP contribution is -2.41. The fourth-order valence-electron chi connectivity index (χ4n) is 2.08. The number of rotatable bonds is 5. The lowest BCUT2D eigenvalue weighted by atomic mass is 10.2. The van der Waals surface area contributed by atoms with E-state index in [9.17, 15) is 9.90 Å². The molecule has 0 spiro atoms. The van der Waals surface area contributed by atoms with E-state index >= 15 is 0 Å². The first-order chi connectivity index (χ1) is 8.74. The summed E-state index contributed by atoms with van der Waals surface area (Å²) >= 11 is 0. The topological polar surface area (TPSA) is 67.1 Å². The van der Waals surface area contributed by atoms with E-state index in [-0.39, 0.29) is 0 Å². The van der Waals surface area contributed by atoms with E-state index in [1.165, 1.54) is 0 Å². The maximum absolute atomic E-state index is 11.2. The molecule has 1 aliphatic rings. The van der Waals surface area contributed by atoms with Crippen molar-refractivity contribution in [3.8, 4) is 0 Å². The molecule has 0 saturated heterocycles. The van der Waals surface area contributed by atoms with E-state index in [1.807, 2.05) is 24.3 Å². The molecule has 5 heteroatoms. The number of aromatic nitrogens is 2. The van der Waals surface area contributed by atoms with Gasteiger partial charge in [-0.1, -0.05) is 18.2 Å². The molecule has 0 bridgehead atoms. The Kier molecular flexibility index (Phi) is 2.76. The molecule has 0 amide bonds. The number of benzene rings is 1. The highest BCUT2D eigenvalue weighted by molar-refractivity contribution is 5.79. The molecule has 2 N–H and O–H groups in total. The Labute approximate surface area is 104 Å². The second-order valence-electron chi connectivity index (χ2n) is 4.72. The summed E-state index contributed by atoms with van der Waals surface area (Å²) < 4.78 is 1.75. The lowest BCUT2D eigenvalue weighted by molar-refractivity contribution is -0.139. The molecule has 1 aromatic carbocycles. The first-order valence-electron chi connectivity index (χ1n) is 6.13.